The minimum absolute atomic E-state index is 0.0599. The average molecular weight is 354 g/mol. The molecule has 2 aromatic rings. The van der Waals surface area contributed by atoms with E-state index in [1.54, 1.807) is 14.2 Å². The van der Waals surface area contributed by atoms with Gasteiger partial charge in [0.05, 0.1) is 20.3 Å². The molecule has 0 aromatic heterocycles. The van der Waals surface area contributed by atoms with Gasteiger partial charge in [-0.2, -0.15) is 0 Å². The Morgan fingerprint density at radius 2 is 1.85 bits per heavy atom. The third-order valence-corrected chi connectivity index (χ3v) is 4.81. The van der Waals surface area contributed by atoms with Crippen LogP contribution in [0.2, 0.25) is 0 Å². The monoisotopic (exact) mass is 354 g/mol. The number of likely N-dealkylation sites (tertiary alicyclic amines) is 1. The van der Waals surface area contributed by atoms with Crippen LogP contribution >= 0.6 is 0 Å². The number of carbonyl (C=O) groups is 1. The number of rotatable bonds is 7. The van der Waals surface area contributed by atoms with Crippen LogP contribution in [0, 0.1) is 0 Å². The van der Waals surface area contributed by atoms with E-state index in [0.717, 1.165) is 31.5 Å². The quantitative estimate of drug-likeness (QED) is 0.830. The van der Waals surface area contributed by atoms with Crippen LogP contribution in [0.25, 0.3) is 0 Å². The second-order valence-electron chi connectivity index (χ2n) is 6.52. The molecule has 138 valence electrons. The first-order chi connectivity index (χ1) is 12.7. The Hall–Kier alpha value is -2.53. The maximum atomic E-state index is 12.7. The van der Waals surface area contributed by atoms with Crippen LogP contribution in [0.1, 0.15) is 24.0 Å². The van der Waals surface area contributed by atoms with Crippen molar-refractivity contribution in [2.45, 2.75) is 32.0 Å². The van der Waals surface area contributed by atoms with Crippen molar-refractivity contribution in [2.24, 2.45) is 0 Å². The lowest BCUT2D eigenvalue weighted by atomic mass is 10.1. The summed E-state index contributed by atoms with van der Waals surface area (Å²) < 4.78 is 10.6. The van der Waals surface area contributed by atoms with Gasteiger partial charge in [-0.25, -0.2) is 0 Å². The molecule has 1 heterocycles. The number of hydrogen-bond donors (Lipinski definition) is 1. The number of benzene rings is 2. The summed E-state index contributed by atoms with van der Waals surface area (Å²) in [6.45, 7) is 2.26. The summed E-state index contributed by atoms with van der Waals surface area (Å²) >= 11 is 0. The lowest BCUT2D eigenvalue weighted by Crippen LogP contribution is -2.42. The maximum absolute atomic E-state index is 12.7. The third-order valence-electron chi connectivity index (χ3n) is 4.81. The molecular weight excluding hydrogens is 328 g/mol. The average Bonchev–Trinajstić information content (AvgIpc) is 3.14. The normalized spacial score (nSPS) is 17.1. The van der Waals surface area contributed by atoms with Crippen molar-refractivity contribution < 1.29 is 14.3 Å². The zero-order valence-corrected chi connectivity index (χ0v) is 15.4. The molecule has 0 radical (unpaired) electrons. The van der Waals surface area contributed by atoms with Crippen LogP contribution in [0.3, 0.4) is 0 Å². The van der Waals surface area contributed by atoms with Crippen LogP contribution in [-0.2, 0) is 17.9 Å². The van der Waals surface area contributed by atoms with Gasteiger partial charge in [-0.15, -0.1) is 0 Å². The van der Waals surface area contributed by atoms with Gasteiger partial charge in [-0.05, 0) is 42.6 Å². The highest BCUT2D eigenvalue weighted by molar-refractivity contribution is 5.82. The molecular formula is C21H26N2O3. The maximum Gasteiger partial charge on any atom is 0.237 e. The summed E-state index contributed by atoms with van der Waals surface area (Å²) in [5.41, 5.74) is 2.23. The van der Waals surface area contributed by atoms with Crippen molar-refractivity contribution in [1.29, 1.82) is 0 Å². The number of nitrogens with zero attached hydrogens (tertiary/aromatic N) is 1. The highest BCUT2D eigenvalue weighted by Crippen LogP contribution is 2.27. The molecule has 0 spiro atoms. The Labute approximate surface area is 154 Å². The number of ether oxygens (including phenoxy) is 2. The number of amides is 1. The zero-order valence-electron chi connectivity index (χ0n) is 15.4. The molecule has 26 heavy (non-hydrogen) atoms. The van der Waals surface area contributed by atoms with Crippen molar-refractivity contribution in [3.63, 3.8) is 0 Å². The molecule has 1 atom stereocenters. The largest absolute Gasteiger partial charge is 0.493 e. The third kappa shape index (κ3) is 4.35. The van der Waals surface area contributed by atoms with E-state index in [0.29, 0.717) is 18.0 Å². The minimum atomic E-state index is -0.0599. The Bertz CT molecular complexity index is 733. The molecule has 1 aliphatic heterocycles. The van der Waals surface area contributed by atoms with Crippen LogP contribution in [0.4, 0.5) is 0 Å². The number of hydrogen-bond acceptors (Lipinski definition) is 4. The summed E-state index contributed by atoms with van der Waals surface area (Å²) in [5.74, 6) is 1.45. The van der Waals surface area contributed by atoms with E-state index in [9.17, 15) is 4.79 Å². The second kappa shape index (κ2) is 8.72. The number of nitrogens with one attached hydrogen (secondary N) is 1. The predicted octanol–water partition coefficient (Wildman–Crippen LogP) is 2.98. The highest BCUT2D eigenvalue weighted by atomic mass is 16.5. The van der Waals surface area contributed by atoms with Crippen LogP contribution in [-0.4, -0.2) is 37.6 Å². The van der Waals surface area contributed by atoms with Gasteiger partial charge in [0.1, 0.15) is 0 Å². The van der Waals surface area contributed by atoms with E-state index >= 15 is 0 Å². The smallest absolute Gasteiger partial charge is 0.237 e. The molecule has 1 amide bonds. The molecule has 0 saturated carbocycles. The first-order valence-corrected chi connectivity index (χ1v) is 8.98. The van der Waals surface area contributed by atoms with Gasteiger partial charge < -0.3 is 14.8 Å². The van der Waals surface area contributed by atoms with Crippen molar-refractivity contribution >= 4 is 5.91 Å². The predicted molar refractivity (Wildman–Crippen MR) is 101 cm³/mol. The Kier molecular flexibility index (Phi) is 6.12. The SMILES string of the molecule is COc1ccc(CNC(=O)[C@H]2CCCN2Cc2ccccc2)cc1OC. The van der Waals surface area contributed by atoms with E-state index in [-0.39, 0.29) is 11.9 Å². The first-order valence-electron chi connectivity index (χ1n) is 8.98. The summed E-state index contributed by atoms with van der Waals surface area (Å²) in [6, 6.07) is 15.9. The highest BCUT2D eigenvalue weighted by Gasteiger charge is 2.30. The second-order valence-corrected chi connectivity index (χ2v) is 6.52. The minimum Gasteiger partial charge on any atom is -0.493 e. The van der Waals surface area contributed by atoms with Gasteiger partial charge in [0.15, 0.2) is 11.5 Å². The van der Waals surface area contributed by atoms with Gasteiger partial charge in [0, 0.05) is 13.1 Å². The summed E-state index contributed by atoms with van der Waals surface area (Å²) in [7, 11) is 3.22. The molecule has 2 aromatic carbocycles. The van der Waals surface area contributed by atoms with E-state index < -0.39 is 0 Å². The molecule has 5 nitrogen and oxygen atoms in total. The Morgan fingerprint density at radius 3 is 2.58 bits per heavy atom. The van der Waals surface area contributed by atoms with Gasteiger partial charge in [0.2, 0.25) is 5.91 Å². The fourth-order valence-electron chi connectivity index (χ4n) is 3.43. The summed E-state index contributed by atoms with van der Waals surface area (Å²) in [4.78, 5) is 15.0. The van der Waals surface area contributed by atoms with Gasteiger partial charge >= 0.3 is 0 Å². The lowest BCUT2D eigenvalue weighted by Gasteiger charge is -2.23. The van der Waals surface area contributed by atoms with Crippen molar-refractivity contribution in [2.75, 3.05) is 20.8 Å². The van der Waals surface area contributed by atoms with Gasteiger partial charge in [0.25, 0.3) is 0 Å². The van der Waals surface area contributed by atoms with Crippen molar-refractivity contribution in [1.82, 2.24) is 10.2 Å². The molecule has 1 fully saturated rings. The Morgan fingerprint density at radius 1 is 1.08 bits per heavy atom. The summed E-state index contributed by atoms with van der Waals surface area (Å²) in [5, 5.41) is 3.07. The van der Waals surface area contributed by atoms with Crippen LogP contribution in [0.5, 0.6) is 11.5 Å². The standard InChI is InChI=1S/C21H26N2O3/c1-25-19-11-10-17(13-20(19)26-2)14-22-21(24)18-9-6-12-23(18)15-16-7-4-3-5-8-16/h3-5,7-8,10-11,13,18H,6,9,12,14-15H2,1-2H3,(H,22,24)/t18-/m1/s1. The lowest BCUT2D eigenvalue weighted by molar-refractivity contribution is -0.125. The van der Waals surface area contributed by atoms with E-state index in [1.807, 2.05) is 36.4 Å². The first kappa shape index (κ1) is 18.3. The molecule has 1 N–H and O–H groups in total. The fraction of sp³-hybridized carbons (Fsp3) is 0.381. The van der Waals surface area contributed by atoms with E-state index in [2.05, 4.69) is 22.3 Å². The summed E-state index contributed by atoms with van der Waals surface area (Å²) in [6.07, 6.45) is 1.96. The molecule has 0 bridgehead atoms. The fourth-order valence-corrected chi connectivity index (χ4v) is 3.43. The topological polar surface area (TPSA) is 50.8 Å². The van der Waals surface area contributed by atoms with Crippen LogP contribution in [0.15, 0.2) is 48.5 Å². The zero-order chi connectivity index (χ0) is 18.4. The molecule has 0 unspecified atom stereocenters. The van der Waals surface area contributed by atoms with Crippen molar-refractivity contribution in [3.8, 4) is 11.5 Å². The van der Waals surface area contributed by atoms with Crippen molar-refractivity contribution in [3.05, 3.63) is 59.7 Å². The number of carbonyl (C=O) groups excluding carboxylic acids is 1. The molecule has 1 saturated heterocycles. The van der Waals surface area contributed by atoms with Gasteiger partial charge in [-0.3, -0.25) is 9.69 Å². The Balaban J connectivity index is 1.59. The molecule has 0 aliphatic carbocycles. The number of methoxy groups -OCH3 is 2. The molecule has 5 heteroatoms. The molecule has 3 rings (SSSR count). The van der Waals surface area contributed by atoms with E-state index in [1.165, 1.54) is 5.56 Å². The van der Waals surface area contributed by atoms with Gasteiger partial charge in [-0.1, -0.05) is 36.4 Å². The molecule has 1 aliphatic rings. The van der Waals surface area contributed by atoms with Crippen LogP contribution < -0.4 is 14.8 Å². The van der Waals surface area contributed by atoms with E-state index in [4.69, 9.17) is 9.47 Å².